The molecule has 0 atom stereocenters. The first kappa shape index (κ1) is 17.3. The van der Waals surface area contributed by atoms with Gasteiger partial charge in [-0.05, 0) is 12.1 Å². The molecule has 0 fully saturated rings. The third-order valence-electron chi connectivity index (χ3n) is 3.06. The maximum absolute atomic E-state index is 12.4. The summed E-state index contributed by atoms with van der Waals surface area (Å²) in [6, 6.07) is 5.24. The van der Waals surface area contributed by atoms with Crippen LogP contribution >= 0.6 is 0 Å². The average Bonchev–Trinajstić information content (AvgIpc) is 2.64. The van der Waals surface area contributed by atoms with E-state index in [0.29, 0.717) is 22.9 Å². The summed E-state index contributed by atoms with van der Waals surface area (Å²) in [5.74, 6) is 0.759. The Morgan fingerprint density at radius 2 is 1.62 bits per heavy atom. The molecule has 0 saturated heterocycles. The Kier molecular flexibility index (Phi) is 5.72. The molecule has 1 N–H and O–H groups in total. The van der Waals surface area contributed by atoms with E-state index in [1.54, 1.807) is 18.2 Å². The highest BCUT2D eigenvalue weighted by Crippen LogP contribution is 2.30. The minimum absolute atomic E-state index is 0.0639. The van der Waals surface area contributed by atoms with E-state index in [-0.39, 0.29) is 24.5 Å². The van der Waals surface area contributed by atoms with E-state index in [4.69, 9.17) is 18.9 Å². The first-order valence-corrected chi connectivity index (χ1v) is 6.95. The molecule has 9 nitrogen and oxygen atoms in total. The van der Waals surface area contributed by atoms with Gasteiger partial charge in [0, 0.05) is 0 Å². The fraction of sp³-hybridized carbons (Fsp3) is 0.333. The number of carbonyl (C=O) groups excluding carboxylic acids is 1. The highest BCUT2D eigenvalue weighted by atomic mass is 16.5. The molecule has 1 aromatic heterocycles. The van der Waals surface area contributed by atoms with Crippen molar-refractivity contribution in [2.75, 3.05) is 28.4 Å². The molecule has 0 radical (unpaired) electrons. The van der Waals surface area contributed by atoms with Gasteiger partial charge in [0.2, 0.25) is 0 Å². The topological polar surface area (TPSA) is 105 Å². The number of hydrogen-bond acceptors (Lipinski definition) is 8. The second-order valence-electron chi connectivity index (χ2n) is 4.45. The van der Waals surface area contributed by atoms with Gasteiger partial charge >= 0.3 is 12.0 Å². The van der Waals surface area contributed by atoms with Crippen LogP contribution in [0.25, 0.3) is 0 Å². The van der Waals surface area contributed by atoms with Crippen molar-refractivity contribution in [1.82, 2.24) is 20.3 Å². The molecule has 1 amide bonds. The van der Waals surface area contributed by atoms with Crippen LogP contribution in [0.3, 0.4) is 0 Å². The first-order chi connectivity index (χ1) is 11.6. The largest absolute Gasteiger partial charge is 0.493 e. The third kappa shape index (κ3) is 3.80. The Bertz CT molecular complexity index is 701. The Hall–Kier alpha value is -3.10. The lowest BCUT2D eigenvalue weighted by atomic mass is 10.1. The number of amides is 1. The predicted molar refractivity (Wildman–Crippen MR) is 83.6 cm³/mol. The molecule has 128 valence electrons. The smallest absolute Gasteiger partial charge is 0.322 e. The zero-order chi connectivity index (χ0) is 17.5. The number of nitrogens with one attached hydrogen (secondary N) is 1. The lowest BCUT2D eigenvalue weighted by Gasteiger charge is -2.12. The number of nitrogens with zero attached hydrogens (tertiary/aromatic N) is 3. The van der Waals surface area contributed by atoms with E-state index in [2.05, 4.69) is 20.3 Å². The van der Waals surface area contributed by atoms with Crippen LogP contribution in [0.5, 0.6) is 23.5 Å². The second kappa shape index (κ2) is 7.95. The van der Waals surface area contributed by atoms with Crippen molar-refractivity contribution < 1.29 is 23.7 Å². The van der Waals surface area contributed by atoms with Gasteiger partial charge in [0.05, 0.1) is 40.5 Å². The quantitative estimate of drug-likeness (QED) is 0.794. The van der Waals surface area contributed by atoms with Crippen molar-refractivity contribution in [2.45, 2.75) is 6.54 Å². The maximum atomic E-state index is 12.4. The van der Waals surface area contributed by atoms with Crippen molar-refractivity contribution in [2.24, 2.45) is 0 Å². The number of carbonyl (C=O) groups is 1. The van der Waals surface area contributed by atoms with E-state index >= 15 is 0 Å². The number of rotatable bonds is 7. The molecular weight excluding hydrogens is 316 g/mol. The van der Waals surface area contributed by atoms with E-state index in [9.17, 15) is 4.79 Å². The van der Waals surface area contributed by atoms with Gasteiger partial charge in [0.1, 0.15) is 0 Å². The van der Waals surface area contributed by atoms with Gasteiger partial charge in [-0.25, -0.2) is 0 Å². The molecule has 2 aromatic rings. The summed E-state index contributed by atoms with van der Waals surface area (Å²) < 4.78 is 20.4. The van der Waals surface area contributed by atoms with Crippen LogP contribution in [0.2, 0.25) is 0 Å². The van der Waals surface area contributed by atoms with Gasteiger partial charge in [-0.15, -0.1) is 4.98 Å². The Morgan fingerprint density at radius 3 is 2.17 bits per heavy atom. The SMILES string of the molecule is COc1nc(CNC(=O)c2cccc(OC)c2OC)nc(OC)n1. The van der Waals surface area contributed by atoms with Crippen LogP contribution in [0.1, 0.15) is 16.2 Å². The van der Waals surface area contributed by atoms with E-state index < -0.39 is 0 Å². The molecule has 0 aliphatic rings. The van der Waals surface area contributed by atoms with Gasteiger partial charge in [-0.2, -0.15) is 9.97 Å². The van der Waals surface area contributed by atoms with Gasteiger partial charge in [0.15, 0.2) is 17.3 Å². The van der Waals surface area contributed by atoms with Gasteiger partial charge in [0.25, 0.3) is 5.91 Å². The average molecular weight is 334 g/mol. The van der Waals surface area contributed by atoms with Crippen LogP contribution in [0, 0.1) is 0 Å². The van der Waals surface area contributed by atoms with Crippen LogP contribution in [0.4, 0.5) is 0 Å². The van der Waals surface area contributed by atoms with Crippen LogP contribution in [-0.2, 0) is 6.54 Å². The highest BCUT2D eigenvalue weighted by Gasteiger charge is 2.17. The summed E-state index contributed by atoms with van der Waals surface area (Å²) in [7, 11) is 5.83. The van der Waals surface area contributed by atoms with E-state index in [1.165, 1.54) is 28.4 Å². The Labute approximate surface area is 139 Å². The number of hydrogen-bond donors (Lipinski definition) is 1. The molecule has 2 rings (SSSR count). The second-order valence-corrected chi connectivity index (χ2v) is 4.45. The lowest BCUT2D eigenvalue weighted by Crippen LogP contribution is -2.25. The molecule has 9 heteroatoms. The molecule has 0 saturated carbocycles. The van der Waals surface area contributed by atoms with Crippen LogP contribution in [-0.4, -0.2) is 49.3 Å². The molecule has 0 bridgehead atoms. The molecule has 0 spiro atoms. The molecule has 0 aliphatic carbocycles. The van der Waals surface area contributed by atoms with Crippen molar-refractivity contribution in [3.8, 4) is 23.5 Å². The van der Waals surface area contributed by atoms with E-state index in [0.717, 1.165) is 0 Å². The highest BCUT2D eigenvalue weighted by molar-refractivity contribution is 5.97. The van der Waals surface area contributed by atoms with E-state index in [1.807, 2.05) is 0 Å². The predicted octanol–water partition coefficient (Wildman–Crippen LogP) is 0.836. The number of benzene rings is 1. The minimum atomic E-state index is -0.357. The minimum Gasteiger partial charge on any atom is -0.493 e. The monoisotopic (exact) mass is 334 g/mol. The summed E-state index contributed by atoms with van der Waals surface area (Å²) in [5.41, 5.74) is 0.338. The molecule has 24 heavy (non-hydrogen) atoms. The Morgan fingerprint density at radius 1 is 0.958 bits per heavy atom. The summed E-state index contributed by atoms with van der Waals surface area (Å²) in [5, 5.41) is 2.71. The van der Waals surface area contributed by atoms with Gasteiger partial charge in [-0.1, -0.05) is 6.07 Å². The maximum Gasteiger partial charge on any atom is 0.322 e. The normalized spacial score (nSPS) is 10.0. The summed E-state index contributed by atoms with van der Waals surface area (Å²) in [6.07, 6.45) is 0. The number of ether oxygens (including phenoxy) is 4. The molecular formula is C15H18N4O5. The number of methoxy groups -OCH3 is 4. The number of para-hydroxylation sites is 1. The zero-order valence-electron chi connectivity index (χ0n) is 13.8. The lowest BCUT2D eigenvalue weighted by molar-refractivity contribution is 0.0945. The van der Waals surface area contributed by atoms with Crippen molar-refractivity contribution in [1.29, 1.82) is 0 Å². The summed E-state index contributed by atoms with van der Waals surface area (Å²) in [6.45, 7) is 0.0639. The molecule has 1 heterocycles. The van der Waals surface area contributed by atoms with Crippen molar-refractivity contribution >= 4 is 5.91 Å². The zero-order valence-corrected chi connectivity index (χ0v) is 13.8. The molecule has 0 unspecified atom stereocenters. The van der Waals surface area contributed by atoms with Crippen molar-refractivity contribution in [3.05, 3.63) is 29.6 Å². The Balaban J connectivity index is 2.17. The number of aromatic nitrogens is 3. The van der Waals surface area contributed by atoms with Gasteiger partial charge < -0.3 is 24.3 Å². The first-order valence-electron chi connectivity index (χ1n) is 6.95. The third-order valence-corrected chi connectivity index (χ3v) is 3.06. The fourth-order valence-electron chi connectivity index (χ4n) is 1.96. The summed E-state index contributed by atoms with van der Waals surface area (Å²) >= 11 is 0. The van der Waals surface area contributed by atoms with Crippen LogP contribution in [0.15, 0.2) is 18.2 Å². The molecule has 0 aliphatic heterocycles. The fourth-order valence-corrected chi connectivity index (χ4v) is 1.96. The van der Waals surface area contributed by atoms with Crippen molar-refractivity contribution in [3.63, 3.8) is 0 Å². The molecule has 1 aromatic carbocycles. The van der Waals surface area contributed by atoms with Gasteiger partial charge in [-0.3, -0.25) is 4.79 Å². The summed E-state index contributed by atoms with van der Waals surface area (Å²) in [4.78, 5) is 24.4. The standard InChI is InChI=1S/C15H18N4O5/c1-21-10-7-5-6-9(12(10)22-2)13(20)16-8-11-17-14(23-3)19-15(18-11)24-4/h5-7H,8H2,1-4H3,(H,16,20). The van der Waals surface area contributed by atoms with Crippen LogP contribution < -0.4 is 24.3 Å².